The average Bonchev–Trinajstić information content (AvgIpc) is 2.75. The fraction of sp³-hybridized carbons (Fsp3) is 0.174. The predicted molar refractivity (Wildman–Crippen MR) is 120 cm³/mol. The monoisotopic (exact) mass is 442 g/mol. The number of amides is 1. The highest BCUT2D eigenvalue weighted by Gasteiger charge is 2.24. The largest absolute Gasteiger partial charge is 0.337 e. The van der Waals surface area contributed by atoms with Crippen LogP contribution < -0.4 is 4.31 Å². The van der Waals surface area contributed by atoms with Gasteiger partial charge in [0.2, 0.25) is 0 Å². The summed E-state index contributed by atoms with van der Waals surface area (Å²) in [6.45, 7) is 2.37. The lowest BCUT2D eigenvalue weighted by Crippen LogP contribution is -2.29. The van der Waals surface area contributed by atoms with E-state index in [9.17, 15) is 13.2 Å². The van der Waals surface area contributed by atoms with Crippen molar-refractivity contribution in [2.45, 2.75) is 18.4 Å². The normalized spacial score (nSPS) is 11.2. The van der Waals surface area contributed by atoms with E-state index in [1.54, 1.807) is 31.3 Å². The molecule has 0 fully saturated rings. The Balaban J connectivity index is 1.91. The molecular weight excluding hydrogens is 420 g/mol. The highest BCUT2D eigenvalue weighted by Crippen LogP contribution is 2.26. The lowest BCUT2D eigenvalue weighted by molar-refractivity contribution is 0.0785. The van der Waals surface area contributed by atoms with Crippen LogP contribution in [-0.4, -0.2) is 33.3 Å². The van der Waals surface area contributed by atoms with E-state index < -0.39 is 10.0 Å². The second-order valence-corrected chi connectivity index (χ2v) is 9.41. The second-order valence-electron chi connectivity index (χ2n) is 7.04. The van der Waals surface area contributed by atoms with Crippen molar-refractivity contribution in [3.63, 3.8) is 0 Å². The Hall–Kier alpha value is -2.83. The summed E-state index contributed by atoms with van der Waals surface area (Å²) >= 11 is 6.26. The van der Waals surface area contributed by atoms with Crippen LogP contribution >= 0.6 is 11.6 Å². The molecule has 5 nitrogen and oxygen atoms in total. The molecule has 0 saturated carbocycles. The molecule has 0 heterocycles. The number of rotatable bonds is 6. The number of carbonyl (C=O) groups excluding carboxylic acids is 1. The van der Waals surface area contributed by atoms with Crippen molar-refractivity contribution in [3.05, 3.63) is 94.5 Å². The minimum absolute atomic E-state index is 0.00546. The summed E-state index contributed by atoms with van der Waals surface area (Å²) in [5, 5.41) is 0.206. The average molecular weight is 443 g/mol. The van der Waals surface area contributed by atoms with Gasteiger partial charge in [0.15, 0.2) is 0 Å². The highest BCUT2D eigenvalue weighted by atomic mass is 35.5. The van der Waals surface area contributed by atoms with Gasteiger partial charge in [0.25, 0.3) is 15.9 Å². The number of hydrogen-bond acceptors (Lipinski definition) is 3. The molecule has 3 aromatic rings. The zero-order valence-electron chi connectivity index (χ0n) is 17.0. The zero-order valence-corrected chi connectivity index (χ0v) is 18.6. The van der Waals surface area contributed by atoms with Gasteiger partial charge >= 0.3 is 0 Å². The number of carbonyl (C=O) groups is 1. The van der Waals surface area contributed by atoms with Crippen LogP contribution in [0.4, 0.5) is 5.69 Å². The van der Waals surface area contributed by atoms with Crippen molar-refractivity contribution in [1.82, 2.24) is 4.90 Å². The van der Waals surface area contributed by atoms with Gasteiger partial charge in [-0.25, -0.2) is 8.42 Å². The number of para-hydroxylation sites is 1. The maximum absolute atomic E-state index is 13.1. The molecule has 156 valence electrons. The first-order valence-electron chi connectivity index (χ1n) is 9.35. The number of benzene rings is 3. The molecule has 1 amide bonds. The lowest BCUT2D eigenvalue weighted by atomic mass is 10.1. The topological polar surface area (TPSA) is 57.7 Å². The molecule has 3 aromatic carbocycles. The van der Waals surface area contributed by atoms with Crippen LogP contribution in [0.3, 0.4) is 0 Å². The zero-order chi connectivity index (χ0) is 21.9. The Kier molecular flexibility index (Phi) is 6.48. The van der Waals surface area contributed by atoms with Crippen LogP contribution in [0.5, 0.6) is 0 Å². The summed E-state index contributed by atoms with van der Waals surface area (Å²) in [6.07, 6.45) is 0. The van der Waals surface area contributed by atoms with Gasteiger partial charge in [0, 0.05) is 20.6 Å². The molecule has 0 aliphatic carbocycles. The predicted octanol–water partition coefficient (Wildman–Crippen LogP) is 4.75. The number of hydrogen-bond donors (Lipinski definition) is 0. The first-order chi connectivity index (χ1) is 14.2. The van der Waals surface area contributed by atoms with E-state index in [0.717, 1.165) is 11.1 Å². The van der Waals surface area contributed by atoms with Gasteiger partial charge in [0.05, 0.1) is 21.2 Å². The van der Waals surface area contributed by atoms with Gasteiger partial charge in [-0.1, -0.05) is 54.1 Å². The quantitative estimate of drug-likeness (QED) is 0.553. The van der Waals surface area contributed by atoms with E-state index in [1.165, 1.54) is 34.5 Å². The number of aryl methyl sites for hydroxylation is 1. The van der Waals surface area contributed by atoms with Gasteiger partial charge in [0.1, 0.15) is 0 Å². The minimum atomic E-state index is -3.85. The van der Waals surface area contributed by atoms with Gasteiger partial charge in [-0.05, 0) is 48.4 Å². The van der Waals surface area contributed by atoms with Gasteiger partial charge in [-0.15, -0.1) is 0 Å². The van der Waals surface area contributed by atoms with E-state index in [1.807, 2.05) is 37.3 Å². The van der Waals surface area contributed by atoms with Crippen molar-refractivity contribution >= 4 is 33.2 Å². The van der Waals surface area contributed by atoms with E-state index >= 15 is 0 Å². The fourth-order valence-electron chi connectivity index (χ4n) is 3.08. The maximum atomic E-state index is 13.1. The van der Waals surface area contributed by atoms with Gasteiger partial charge in [-0.3, -0.25) is 9.10 Å². The SMILES string of the molecule is Cc1ccccc1CN(C)C(=O)c1cc(S(=O)(=O)N(C)c2ccccc2)ccc1Cl. The van der Waals surface area contributed by atoms with E-state index in [-0.39, 0.29) is 21.4 Å². The van der Waals surface area contributed by atoms with Crippen LogP contribution in [-0.2, 0) is 16.6 Å². The highest BCUT2D eigenvalue weighted by molar-refractivity contribution is 7.92. The Morgan fingerprint density at radius 2 is 1.57 bits per heavy atom. The molecule has 3 rings (SSSR count). The van der Waals surface area contributed by atoms with Crippen LogP contribution in [0.25, 0.3) is 0 Å². The van der Waals surface area contributed by atoms with Crippen molar-refractivity contribution in [1.29, 1.82) is 0 Å². The van der Waals surface area contributed by atoms with Gasteiger partial charge < -0.3 is 4.90 Å². The molecule has 30 heavy (non-hydrogen) atoms. The van der Waals surface area contributed by atoms with Crippen molar-refractivity contribution in [2.24, 2.45) is 0 Å². The summed E-state index contributed by atoms with van der Waals surface area (Å²) in [5.74, 6) is -0.345. The van der Waals surface area contributed by atoms with E-state index in [4.69, 9.17) is 11.6 Å². The molecule has 0 aliphatic rings. The van der Waals surface area contributed by atoms with Crippen molar-refractivity contribution in [2.75, 3.05) is 18.4 Å². The van der Waals surface area contributed by atoms with E-state index in [2.05, 4.69) is 0 Å². The third kappa shape index (κ3) is 4.50. The molecule has 0 atom stereocenters. The molecule has 0 unspecified atom stereocenters. The number of nitrogens with zero attached hydrogens (tertiary/aromatic N) is 2. The van der Waals surface area contributed by atoms with Crippen LogP contribution in [0.1, 0.15) is 21.5 Å². The summed E-state index contributed by atoms with van der Waals surface area (Å²) in [5.41, 5.74) is 2.76. The Morgan fingerprint density at radius 1 is 0.933 bits per heavy atom. The third-order valence-electron chi connectivity index (χ3n) is 4.96. The lowest BCUT2D eigenvalue weighted by Gasteiger charge is -2.22. The summed E-state index contributed by atoms with van der Waals surface area (Å²) < 4.78 is 27.3. The van der Waals surface area contributed by atoms with Crippen LogP contribution in [0, 0.1) is 6.92 Å². The second kappa shape index (κ2) is 8.90. The molecule has 0 aromatic heterocycles. The molecule has 0 bridgehead atoms. The van der Waals surface area contributed by atoms with Crippen LogP contribution in [0.15, 0.2) is 77.7 Å². The Bertz CT molecular complexity index is 1160. The molecular formula is C23H23ClN2O3S. The van der Waals surface area contributed by atoms with Gasteiger partial charge in [-0.2, -0.15) is 0 Å². The molecule has 0 radical (unpaired) electrons. The van der Waals surface area contributed by atoms with E-state index in [0.29, 0.717) is 12.2 Å². The van der Waals surface area contributed by atoms with Crippen molar-refractivity contribution in [3.8, 4) is 0 Å². The summed E-state index contributed by atoms with van der Waals surface area (Å²) in [4.78, 5) is 14.6. The molecule has 0 N–H and O–H groups in total. The summed E-state index contributed by atoms with van der Waals surface area (Å²) in [6, 6.07) is 20.7. The Labute approximate surface area is 182 Å². The minimum Gasteiger partial charge on any atom is -0.337 e. The number of halogens is 1. The number of anilines is 1. The molecule has 0 aliphatic heterocycles. The fourth-order valence-corrected chi connectivity index (χ4v) is 4.50. The molecule has 0 spiro atoms. The molecule has 7 heteroatoms. The molecule has 0 saturated heterocycles. The summed E-state index contributed by atoms with van der Waals surface area (Å²) in [7, 11) is -0.706. The smallest absolute Gasteiger partial charge is 0.264 e. The van der Waals surface area contributed by atoms with Crippen molar-refractivity contribution < 1.29 is 13.2 Å². The maximum Gasteiger partial charge on any atom is 0.264 e. The Morgan fingerprint density at radius 3 is 2.23 bits per heavy atom. The first-order valence-corrected chi connectivity index (χ1v) is 11.2. The number of sulfonamides is 1. The third-order valence-corrected chi connectivity index (χ3v) is 7.07. The first kappa shape index (κ1) is 21.9. The van der Waals surface area contributed by atoms with Crippen LogP contribution in [0.2, 0.25) is 5.02 Å². The standard InChI is InChI=1S/C23H23ClN2O3S/c1-17-9-7-8-10-18(17)16-25(2)23(27)21-15-20(13-14-22(21)24)30(28,29)26(3)19-11-5-4-6-12-19/h4-15H,16H2,1-3H3.